The molecule has 7 nitrogen and oxygen atoms in total. The van der Waals surface area contributed by atoms with Crippen LogP contribution in [0.15, 0.2) is 29.2 Å². The van der Waals surface area contributed by atoms with Crippen molar-refractivity contribution in [2.75, 3.05) is 26.2 Å². The van der Waals surface area contributed by atoms with Gasteiger partial charge in [0, 0.05) is 38.6 Å². The number of sulfonamides is 1. The van der Waals surface area contributed by atoms with Crippen LogP contribution in [0.3, 0.4) is 0 Å². The summed E-state index contributed by atoms with van der Waals surface area (Å²) >= 11 is 0. The Morgan fingerprint density at radius 3 is 2.52 bits per heavy atom. The number of halogens is 4. The fourth-order valence-corrected chi connectivity index (χ4v) is 3.54. The number of hydrogen-bond donors (Lipinski definition) is 2. The standard InChI is InChI=1S/C15H20F3N3O4S.ClH/c1-11-10-21(9-8-19-11)14(22)6-7-20-26(23,24)13-4-2-12(3-5-13)25-15(16,17)18;/h2-5,11,19-20H,6-10H2,1H3;1H. The number of amides is 1. The Hall–Kier alpha value is -1.56. The summed E-state index contributed by atoms with van der Waals surface area (Å²) in [5, 5.41) is 3.20. The third kappa shape index (κ3) is 7.53. The van der Waals surface area contributed by atoms with Gasteiger partial charge in [0.05, 0.1) is 4.90 Å². The largest absolute Gasteiger partial charge is 0.573 e. The molecule has 0 aliphatic carbocycles. The lowest BCUT2D eigenvalue weighted by Crippen LogP contribution is -2.51. The number of alkyl halides is 3. The molecule has 2 N–H and O–H groups in total. The van der Waals surface area contributed by atoms with Gasteiger partial charge in [0.1, 0.15) is 5.75 Å². The van der Waals surface area contributed by atoms with Gasteiger partial charge in [0.25, 0.3) is 0 Å². The van der Waals surface area contributed by atoms with Crippen LogP contribution in [0.5, 0.6) is 5.75 Å². The lowest BCUT2D eigenvalue weighted by molar-refractivity contribution is -0.274. The average molecular weight is 432 g/mol. The first-order valence-corrected chi connectivity index (χ1v) is 9.42. The molecule has 1 atom stereocenters. The number of nitrogens with one attached hydrogen (secondary N) is 2. The number of rotatable bonds is 6. The summed E-state index contributed by atoms with van der Waals surface area (Å²) < 4.78 is 66.5. The monoisotopic (exact) mass is 431 g/mol. The van der Waals surface area contributed by atoms with Gasteiger partial charge >= 0.3 is 6.36 Å². The maximum absolute atomic E-state index is 12.1. The van der Waals surface area contributed by atoms with Crippen LogP contribution in [-0.4, -0.2) is 57.8 Å². The van der Waals surface area contributed by atoms with E-state index in [2.05, 4.69) is 14.8 Å². The van der Waals surface area contributed by atoms with E-state index in [1.165, 1.54) is 0 Å². The SMILES string of the molecule is CC1CN(C(=O)CCNS(=O)(=O)c2ccc(OC(F)(F)F)cc2)CCN1.Cl. The van der Waals surface area contributed by atoms with Gasteiger partial charge in [-0.3, -0.25) is 4.79 Å². The third-order valence-corrected chi connectivity index (χ3v) is 5.20. The van der Waals surface area contributed by atoms with Crippen molar-refractivity contribution in [3.8, 4) is 5.75 Å². The van der Waals surface area contributed by atoms with Crippen LogP contribution in [0.1, 0.15) is 13.3 Å². The van der Waals surface area contributed by atoms with Gasteiger partial charge in [-0.15, -0.1) is 25.6 Å². The predicted molar refractivity (Wildman–Crippen MR) is 94.2 cm³/mol. The third-order valence-electron chi connectivity index (χ3n) is 3.72. The molecule has 0 radical (unpaired) electrons. The molecule has 154 valence electrons. The highest BCUT2D eigenvalue weighted by Gasteiger charge is 2.31. The van der Waals surface area contributed by atoms with E-state index in [0.717, 1.165) is 24.3 Å². The Morgan fingerprint density at radius 1 is 1.33 bits per heavy atom. The molecule has 1 aromatic rings. The van der Waals surface area contributed by atoms with E-state index in [-0.39, 0.29) is 42.2 Å². The van der Waals surface area contributed by atoms with Gasteiger partial charge in [-0.05, 0) is 31.2 Å². The van der Waals surface area contributed by atoms with E-state index in [1.807, 2.05) is 6.92 Å². The molecule has 1 aliphatic rings. The highest BCUT2D eigenvalue weighted by Crippen LogP contribution is 2.23. The van der Waals surface area contributed by atoms with Crippen molar-refractivity contribution in [1.82, 2.24) is 14.9 Å². The molecule has 0 bridgehead atoms. The van der Waals surface area contributed by atoms with Crippen molar-refractivity contribution in [1.29, 1.82) is 0 Å². The first-order valence-electron chi connectivity index (χ1n) is 7.93. The molecule has 1 aromatic carbocycles. The molecule has 27 heavy (non-hydrogen) atoms. The number of ether oxygens (including phenoxy) is 1. The molecule has 2 rings (SSSR count). The Labute approximate surface area is 161 Å². The number of carbonyl (C=O) groups is 1. The molecule has 12 heteroatoms. The van der Waals surface area contributed by atoms with Gasteiger partial charge in [-0.25, -0.2) is 13.1 Å². The Morgan fingerprint density at radius 2 is 1.96 bits per heavy atom. The fraction of sp³-hybridized carbons (Fsp3) is 0.533. The minimum absolute atomic E-state index is 0. The summed E-state index contributed by atoms with van der Waals surface area (Å²) in [7, 11) is -3.93. The maximum Gasteiger partial charge on any atom is 0.573 e. The van der Waals surface area contributed by atoms with Crippen molar-refractivity contribution in [2.24, 2.45) is 0 Å². The first kappa shape index (κ1) is 23.5. The minimum Gasteiger partial charge on any atom is -0.406 e. The first-order chi connectivity index (χ1) is 12.1. The van der Waals surface area contributed by atoms with Gasteiger partial charge < -0.3 is 15.0 Å². The van der Waals surface area contributed by atoms with Crippen molar-refractivity contribution < 1.29 is 31.1 Å². The Kier molecular flexibility index (Phi) is 8.33. The van der Waals surface area contributed by atoms with Crippen LogP contribution in [0.25, 0.3) is 0 Å². The molecule has 1 amide bonds. The molecular formula is C15H21ClF3N3O4S. The topological polar surface area (TPSA) is 87.7 Å². The van der Waals surface area contributed by atoms with Crippen molar-refractivity contribution in [3.05, 3.63) is 24.3 Å². The number of benzene rings is 1. The summed E-state index contributed by atoms with van der Waals surface area (Å²) in [5.41, 5.74) is 0. The number of carbonyl (C=O) groups excluding carboxylic acids is 1. The second kappa shape index (κ2) is 9.58. The number of hydrogen-bond acceptors (Lipinski definition) is 5. The minimum atomic E-state index is -4.85. The maximum atomic E-state index is 12.1. The van der Waals surface area contributed by atoms with E-state index in [0.29, 0.717) is 19.6 Å². The second-order valence-electron chi connectivity index (χ2n) is 5.86. The summed E-state index contributed by atoms with van der Waals surface area (Å²) in [5.74, 6) is -0.672. The van der Waals surface area contributed by atoms with Crippen molar-refractivity contribution >= 4 is 28.3 Å². The van der Waals surface area contributed by atoms with Crippen LogP contribution in [0.4, 0.5) is 13.2 Å². The Bertz CT molecular complexity index is 729. The fourth-order valence-electron chi connectivity index (χ4n) is 2.51. The van der Waals surface area contributed by atoms with E-state index in [9.17, 15) is 26.4 Å². The molecule has 1 saturated heterocycles. The smallest absolute Gasteiger partial charge is 0.406 e. The number of nitrogens with zero attached hydrogens (tertiary/aromatic N) is 1. The quantitative estimate of drug-likeness (QED) is 0.712. The normalized spacial score (nSPS) is 17.9. The summed E-state index contributed by atoms with van der Waals surface area (Å²) in [6.07, 6.45) is -4.85. The van der Waals surface area contributed by atoms with Crippen LogP contribution in [0.2, 0.25) is 0 Å². The zero-order valence-corrected chi connectivity index (χ0v) is 16.1. The van der Waals surface area contributed by atoms with Crippen molar-refractivity contribution in [3.63, 3.8) is 0 Å². The van der Waals surface area contributed by atoms with E-state index < -0.39 is 22.1 Å². The highest BCUT2D eigenvalue weighted by atomic mass is 35.5. The van der Waals surface area contributed by atoms with E-state index >= 15 is 0 Å². The van der Waals surface area contributed by atoms with E-state index in [4.69, 9.17) is 0 Å². The van der Waals surface area contributed by atoms with Crippen LogP contribution >= 0.6 is 12.4 Å². The van der Waals surface area contributed by atoms with Gasteiger partial charge in [-0.2, -0.15) is 0 Å². The highest BCUT2D eigenvalue weighted by molar-refractivity contribution is 7.89. The van der Waals surface area contributed by atoms with Crippen LogP contribution in [0, 0.1) is 0 Å². The molecule has 1 aliphatic heterocycles. The molecular weight excluding hydrogens is 411 g/mol. The zero-order valence-electron chi connectivity index (χ0n) is 14.5. The van der Waals surface area contributed by atoms with Crippen LogP contribution < -0.4 is 14.8 Å². The molecule has 1 unspecified atom stereocenters. The molecule has 1 heterocycles. The zero-order chi connectivity index (χ0) is 19.4. The predicted octanol–water partition coefficient (Wildman–Crippen LogP) is 1.50. The lowest BCUT2D eigenvalue weighted by atomic mass is 10.2. The summed E-state index contributed by atoms with van der Waals surface area (Å²) in [4.78, 5) is 13.5. The van der Waals surface area contributed by atoms with Gasteiger partial charge in [0.15, 0.2) is 0 Å². The summed E-state index contributed by atoms with van der Waals surface area (Å²) in [6, 6.07) is 4.01. The van der Waals surface area contributed by atoms with Crippen molar-refractivity contribution in [2.45, 2.75) is 30.6 Å². The summed E-state index contributed by atoms with van der Waals surface area (Å²) in [6.45, 7) is 3.67. The van der Waals surface area contributed by atoms with E-state index in [1.54, 1.807) is 4.90 Å². The van der Waals surface area contributed by atoms with Gasteiger partial charge in [-0.1, -0.05) is 0 Å². The Balaban J connectivity index is 0.00000364. The van der Waals surface area contributed by atoms with Gasteiger partial charge in [0.2, 0.25) is 15.9 Å². The molecule has 1 fully saturated rings. The molecule has 0 spiro atoms. The number of piperazine rings is 1. The average Bonchev–Trinajstić information content (AvgIpc) is 2.53. The van der Waals surface area contributed by atoms with Crippen LogP contribution in [-0.2, 0) is 14.8 Å². The lowest BCUT2D eigenvalue weighted by Gasteiger charge is -2.32. The molecule has 0 aromatic heterocycles. The second-order valence-corrected chi connectivity index (χ2v) is 7.63. The molecule has 0 saturated carbocycles.